The van der Waals surface area contributed by atoms with Crippen molar-refractivity contribution < 1.29 is 19.1 Å². The van der Waals surface area contributed by atoms with E-state index in [0.717, 1.165) is 11.3 Å². The van der Waals surface area contributed by atoms with Crippen molar-refractivity contribution in [2.24, 2.45) is 0 Å². The lowest BCUT2D eigenvalue weighted by molar-refractivity contribution is -0.147. The number of ketones is 1. The zero-order chi connectivity index (χ0) is 17.5. The molecule has 0 aliphatic carbocycles. The fourth-order valence-corrected chi connectivity index (χ4v) is 2.42. The summed E-state index contributed by atoms with van der Waals surface area (Å²) in [4.78, 5) is 38.4. The Hall–Kier alpha value is -2.65. The van der Waals surface area contributed by atoms with Gasteiger partial charge in [0.25, 0.3) is 5.91 Å². The molecule has 24 heavy (non-hydrogen) atoms. The van der Waals surface area contributed by atoms with Gasteiger partial charge in [0, 0.05) is 12.0 Å². The molecule has 1 aromatic heterocycles. The van der Waals surface area contributed by atoms with Gasteiger partial charge in [-0.05, 0) is 24.4 Å². The predicted octanol–water partition coefficient (Wildman–Crippen LogP) is 2.15. The number of benzene rings is 1. The van der Waals surface area contributed by atoms with Crippen LogP contribution in [-0.2, 0) is 9.59 Å². The molecule has 0 aliphatic rings. The van der Waals surface area contributed by atoms with Crippen molar-refractivity contribution in [3.05, 3.63) is 41.3 Å². The van der Waals surface area contributed by atoms with Gasteiger partial charge in [-0.25, -0.2) is 4.79 Å². The average molecular weight is 363 g/mol. The summed E-state index contributed by atoms with van der Waals surface area (Å²) in [5.74, 6) is -1.96. The van der Waals surface area contributed by atoms with Crippen molar-refractivity contribution in [2.45, 2.75) is 13.3 Å². The molecule has 1 aromatic carbocycles. The number of nitrogens with zero attached hydrogens (tertiary/aromatic N) is 1. The number of hydrogen-bond donors (Lipinski definition) is 2. The van der Waals surface area contributed by atoms with Crippen molar-refractivity contribution in [2.75, 3.05) is 5.32 Å². The van der Waals surface area contributed by atoms with Gasteiger partial charge in [-0.15, -0.1) is 11.3 Å². The lowest BCUT2D eigenvalue weighted by atomic mass is 10.2. The number of aromatic nitrogens is 1. The summed E-state index contributed by atoms with van der Waals surface area (Å²) in [6, 6.07) is 8.59. The molecular weight excluding hydrogens is 350 g/mol. The molecule has 9 heteroatoms. The largest absolute Gasteiger partial charge is 0.401 e. The van der Waals surface area contributed by atoms with Crippen LogP contribution in [0, 0.1) is 0 Å². The highest BCUT2D eigenvalue weighted by Crippen LogP contribution is 2.21. The van der Waals surface area contributed by atoms with Gasteiger partial charge in [-0.2, -0.15) is 4.98 Å². The number of anilines is 1. The molecule has 1 heterocycles. The van der Waals surface area contributed by atoms with Crippen LogP contribution >= 0.6 is 23.6 Å². The van der Waals surface area contributed by atoms with E-state index in [-0.39, 0.29) is 23.3 Å². The Morgan fingerprint density at radius 3 is 2.62 bits per heavy atom. The van der Waals surface area contributed by atoms with Crippen LogP contribution in [0.2, 0.25) is 0 Å². The highest BCUT2D eigenvalue weighted by molar-refractivity contribution is 7.80. The number of carbonyl (C=O) groups excluding carboxylic acids is 3. The monoisotopic (exact) mass is 363 g/mol. The van der Waals surface area contributed by atoms with E-state index in [1.807, 2.05) is 0 Å². The summed E-state index contributed by atoms with van der Waals surface area (Å²) >= 11 is 6.14. The standard InChI is InChI=1S/C15H13N3O4S2/c1-2-10(19)13(21)22-11-8-24-15(16-11)18-14(23)17-12(20)9-6-4-3-5-7-9/h3-8H,2H2,1H3,(H2,16,17,18,20,23). The summed E-state index contributed by atoms with van der Waals surface area (Å²) in [5.41, 5.74) is 0.466. The summed E-state index contributed by atoms with van der Waals surface area (Å²) < 4.78 is 4.82. The Balaban J connectivity index is 1.90. The Morgan fingerprint density at radius 1 is 1.25 bits per heavy atom. The number of thiazole rings is 1. The number of carbonyl (C=O) groups is 3. The summed E-state index contributed by atoms with van der Waals surface area (Å²) in [6.07, 6.45) is 0.0592. The molecular formula is C15H13N3O4S2. The minimum atomic E-state index is -0.964. The Kier molecular flexibility index (Phi) is 6.10. The van der Waals surface area contributed by atoms with Crippen molar-refractivity contribution in [3.63, 3.8) is 0 Å². The average Bonchev–Trinajstić information content (AvgIpc) is 3.01. The van der Waals surface area contributed by atoms with E-state index in [2.05, 4.69) is 15.6 Å². The molecule has 0 radical (unpaired) electrons. The van der Waals surface area contributed by atoms with Crippen molar-refractivity contribution in [3.8, 4) is 5.88 Å². The summed E-state index contributed by atoms with van der Waals surface area (Å²) in [6.45, 7) is 1.56. The van der Waals surface area contributed by atoms with E-state index in [1.54, 1.807) is 37.3 Å². The smallest absolute Gasteiger partial charge is 0.381 e. The van der Waals surface area contributed by atoms with Gasteiger partial charge in [0.15, 0.2) is 10.2 Å². The lowest BCUT2D eigenvalue weighted by Crippen LogP contribution is -2.34. The Morgan fingerprint density at radius 2 is 1.96 bits per heavy atom. The molecule has 0 bridgehead atoms. The quantitative estimate of drug-likeness (QED) is 0.477. The van der Waals surface area contributed by atoms with Crippen molar-refractivity contribution >= 4 is 51.5 Å². The van der Waals surface area contributed by atoms with Gasteiger partial charge in [-0.1, -0.05) is 25.1 Å². The first-order valence-corrected chi connectivity index (χ1v) is 8.16. The number of nitrogens with one attached hydrogen (secondary N) is 2. The summed E-state index contributed by atoms with van der Waals surface area (Å²) in [7, 11) is 0. The van der Waals surface area contributed by atoms with Gasteiger partial charge < -0.3 is 10.1 Å². The molecule has 2 aromatic rings. The van der Waals surface area contributed by atoms with E-state index in [1.165, 1.54) is 5.38 Å². The zero-order valence-corrected chi connectivity index (χ0v) is 14.2. The molecule has 7 nitrogen and oxygen atoms in total. The van der Waals surface area contributed by atoms with Crippen LogP contribution in [0.25, 0.3) is 0 Å². The van der Waals surface area contributed by atoms with Crippen molar-refractivity contribution in [1.82, 2.24) is 10.3 Å². The molecule has 0 atom stereocenters. The van der Waals surface area contributed by atoms with Crippen LogP contribution in [0.1, 0.15) is 23.7 Å². The normalized spacial score (nSPS) is 9.88. The van der Waals surface area contributed by atoms with Crippen LogP contribution in [0.4, 0.5) is 5.13 Å². The fourth-order valence-electron chi connectivity index (χ4n) is 1.55. The van der Waals surface area contributed by atoms with Crippen LogP contribution in [0.5, 0.6) is 5.88 Å². The Labute approximate surface area is 147 Å². The van der Waals surface area contributed by atoms with Crippen LogP contribution < -0.4 is 15.4 Å². The van der Waals surface area contributed by atoms with E-state index < -0.39 is 11.8 Å². The molecule has 0 fully saturated rings. The maximum absolute atomic E-state index is 11.9. The molecule has 2 rings (SSSR count). The van der Waals surface area contributed by atoms with Crippen LogP contribution in [0.3, 0.4) is 0 Å². The van der Waals surface area contributed by atoms with E-state index >= 15 is 0 Å². The molecule has 0 unspecified atom stereocenters. The van der Waals surface area contributed by atoms with Crippen molar-refractivity contribution in [1.29, 1.82) is 0 Å². The van der Waals surface area contributed by atoms with Gasteiger partial charge in [0.1, 0.15) is 0 Å². The van der Waals surface area contributed by atoms with E-state index in [9.17, 15) is 14.4 Å². The van der Waals surface area contributed by atoms with Crippen LogP contribution in [0.15, 0.2) is 35.7 Å². The van der Waals surface area contributed by atoms with E-state index in [0.29, 0.717) is 10.7 Å². The second-order valence-corrected chi connectivity index (χ2v) is 5.70. The third-order valence-electron chi connectivity index (χ3n) is 2.71. The fraction of sp³-hybridized carbons (Fsp3) is 0.133. The highest BCUT2D eigenvalue weighted by Gasteiger charge is 2.16. The van der Waals surface area contributed by atoms with Gasteiger partial charge in [0.05, 0.1) is 5.38 Å². The Bertz CT molecular complexity index is 774. The maximum Gasteiger partial charge on any atom is 0.381 e. The molecule has 0 aliphatic heterocycles. The minimum absolute atomic E-state index is 0.00788. The number of esters is 1. The van der Waals surface area contributed by atoms with E-state index in [4.69, 9.17) is 17.0 Å². The SMILES string of the molecule is CCC(=O)C(=O)Oc1csc(NC(=S)NC(=O)c2ccccc2)n1. The second kappa shape index (κ2) is 8.27. The second-order valence-electron chi connectivity index (χ2n) is 4.43. The molecule has 0 spiro atoms. The lowest BCUT2D eigenvalue weighted by Gasteiger charge is -2.06. The number of hydrogen-bond acceptors (Lipinski definition) is 7. The third kappa shape index (κ3) is 4.93. The zero-order valence-electron chi connectivity index (χ0n) is 12.6. The number of Topliss-reactive ketones (excluding diaryl/α,β-unsaturated/α-hetero) is 1. The van der Waals surface area contributed by atoms with Gasteiger partial charge in [-0.3, -0.25) is 14.9 Å². The molecule has 0 saturated heterocycles. The first-order chi connectivity index (χ1) is 11.5. The maximum atomic E-state index is 11.9. The minimum Gasteiger partial charge on any atom is -0.401 e. The van der Waals surface area contributed by atoms with Crippen LogP contribution in [-0.4, -0.2) is 27.8 Å². The first kappa shape index (κ1) is 17.7. The molecule has 124 valence electrons. The number of rotatable bonds is 5. The molecule has 2 N–H and O–H groups in total. The highest BCUT2D eigenvalue weighted by atomic mass is 32.1. The predicted molar refractivity (Wildman–Crippen MR) is 93.2 cm³/mol. The third-order valence-corrected chi connectivity index (χ3v) is 3.65. The topological polar surface area (TPSA) is 97.4 Å². The number of ether oxygens (including phenoxy) is 1. The van der Waals surface area contributed by atoms with Gasteiger partial charge in [0.2, 0.25) is 11.7 Å². The number of thiocarbonyl (C=S) groups is 1. The number of amides is 1. The molecule has 0 saturated carbocycles. The summed E-state index contributed by atoms with van der Waals surface area (Å²) in [5, 5.41) is 7.04. The first-order valence-electron chi connectivity index (χ1n) is 6.87. The van der Waals surface area contributed by atoms with Gasteiger partial charge >= 0.3 is 5.97 Å². The molecule has 1 amide bonds.